The SMILES string of the molecule is CCc1ccc(CN2CCC[C@@H](CC(=O)Nc3nnc(N[C@@H]4CCN(c5cccnn5)C4)s3)C2)cc1F. The summed E-state index contributed by atoms with van der Waals surface area (Å²) in [5.41, 5.74) is 1.73. The number of piperidine rings is 1. The summed E-state index contributed by atoms with van der Waals surface area (Å²) in [6.07, 6.45) is 5.82. The van der Waals surface area contributed by atoms with Crippen molar-refractivity contribution in [2.24, 2.45) is 5.92 Å². The Hall–Kier alpha value is -3.18. The Morgan fingerprint density at radius 3 is 2.84 bits per heavy atom. The minimum atomic E-state index is -0.130. The van der Waals surface area contributed by atoms with E-state index in [1.807, 2.05) is 31.2 Å². The van der Waals surface area contributed by atoms with Gasteiger partial charge in [0.25, 0.3) is 0 Å². The van der Waals surface area contributed by atoms with Crippen LogP contribution in [0, 0.1) is 11.7 Å². The number of halogens is 1. The summed E-state index contributed by atoms with van der Waals surface area (Å²) in [4.78, 5) is 17.2. The van der Waals surface area contributed by atoms with Crippen molar-refractivity contribution >= 4 is 33.3 Å². The Labute approximate surface area is 220 Å². The summed E-state index contributed by atoms with van der Waals surface area (Å²) in [6, 6.07) is 9.63. The van der Waals surface area contributed by atoms with Crippen LogP contribution in [0.5, 0.6) is 0 Å². The Morgan fingerprint density at radius 2 is 2.03 bits per heavy atom. The Balaban J connectivity index is 1.07. The van der Waals surface area contributed by atoms with Gasteiger partial charge in [0, 0.05) is 44.8 Å². The van der Waals surface area contributed by atoms with Gasteiger partial charge in [-0.1, -0.05) is 30.4 Å². The third-order valence-corrected chi connectivity index (χ3v) is 7.82. The molecule has 4 heterocycles. The van der Waals surface area contributed by atoms with Gasteiger partial charge in [0.2, 0.25) is 16.2 Å². The van der Waals surface area contributed by atoms with Gasteiger partial charge in [0.05, 0.1) is 0 Å². The molecule has 196 valence electrons. The van der Waals surface area contributed by atoms with Gasteiger partial charge in [-0.15, -0.1) is 15.3 Å². The highest BCUT2D eigenvalue weighted by molar-refractivity contribution is 7.19. The van der Waals surface area contributed by atoms with Crippen molar-refractivity contribution in [1.29, 1.82) is 0 Å². The number of amides is 1. The lowest BCUT2D eigenvalue weighted by Gasteiger charge is -2.32. The van der Waals surface area contributed by atoms with E-state index in [9.17, 15) is 9.18 Å². The van der Waals surface area contributed by atoms with Gasteiger partial charge >= 0.3 is 0 Å². The van der Waals surface area contributed by atoms with E-state index in [4.69, 9.17) is 0 Å². The van der Waals surface area contributed by atoms with Crippen LogP contribution in [0.3, 0.4) is 0 Å². The van der Waals surface area contributed by atoms with E-state index in [1.54, 1.807) is 12.3 Å². The number of carbonyl (C=O) groups excluding carboxylic acids is 1. The van der Waals surface area contributed by atoms with E-state index < -0.39 is 0 Å². The van der Waals surface area contributed by atoms with E-state index in [2.05, 4.69) is 40.8 Å². The molecule has 5 rings (SSSR count). The maximum absolute atomic E-state index is 14.2. The monoisotopic (exact) mass is 524 g/mol. The van der Waals surface area contributed by atoms with Crippen LogP contribution < -0.4 is 15.5 Å². The summed E-state index contributed by atoms with van der Waals surface area (Å²) in [6.45, 7) is 6.18. The molecule has 2 aromatic heterocycles. The third-order valence-electron chi connectivity index (χ3n) is 7.05. The van der Waals surface area contributed by atoms with E-state index >= 15 is 0 Å². The maximum Gasteiger partial charge on any atom is 0.226 e. The fourth-order valence-electron chi connectivity index (χ4n) is 5.18. The van der Waals surface area contributed by atoms with Gasteiger partial charge in [-0.25, -0.2) is 4.39 Å². The van der Waals surface area contributed by atoms with Crippen LogP contribution in [0.2, 0.25) is 0 Å². The molecule has 11 heteroatoms. The topological polar surface area (TPSA) is 99.2 Å². The van der Waals surface area contributed by atoms with Gasteiger partial charge in [0.1, 0.15) is 5.82 Å². The van der Waals surface area contributed by atoms with Crippen molar-refractivity contribution in [2.45, 2.75) is 51.6 Å². The first-order valence-corrected chi connectivity index (χ1v) is 13.8. The highest BCUT2D eigenvalue weighted by atomic mass is 32.1. The number of hydrogen-bond acceptors (Lipinski definition) is 9. The summed E-state index contributed by atoms with van der Waals surface area (Å²) in [7, 11) is 0. The van der Waals surface area contributed by atoms with Crippen molar-refractivity contribution in [3.8, 4) is 0 Å². The molecule has 2 aliphatic heterocycles. The molecular weight excluding hydrogens is 491 g/mol. The van der Waals surface area contributed by atoms with Crippen molar-refractivity contribution in [3.05, 3.63) is 53.5 Å². The first-order chi connectivity index (χ1) is 18.1. The van der Waals surface area contributed by atoms with Crippen LogP contribution in [-0.4, -0.2) is 63.4 Å². The van der Waals surface area contributed by atoms with Gasteiger partial charge in [-0.3, -0.25) is 9.69 Å². The summed E-state index contributed by atoms with van der Waals surface area (Å²) in [5.74, 6) is 0.974. The van der Waals surface area contributed by atoms with Crippen LogP contribution in [0.4, 0.5) is 20.5 Å². The lowest BCUT2D eigenvalue weighted by atomic mass is 9.94. The van der Waals surface area contributed by atoms with Crippen molar-refractivity contribution < 1.29 is 9.18 Å². The number of rotatable bonds is 9. The fraction of sp³-hybridized carbons (Fsp3) is 0.500. The van der Waals surface area contributed by atoms with Crippen molar-refractivity contribution in [2.75, 3.05) is 41.7 Å². The number of anilines is 3. The first-order valence-electron chi connectivity index (χ1n) is 13.0. The number of aromatic nitrogens is 4. The number of nitrogens with one attached hydrogen (secondary N) is 2. The molecule has 0 aliphatic carbocycles. The average molecular weight is 525 g/mol. The van der Waals surface area contributed by atoms with Gasteiger partial charge < -0.3 is 15.5 Å². The Bertz CT molecular complexity index is 1190. The molecule has 2 aliphatic rings. The fourth-order valence-corrected chi connectivity index (χ4v) is 5.92. The second kappa shape index (κ2) is 11.9. The molecule has 0 spiro atoms. The molecule has 0 unspecified atom stereocenters. The highest BCUT2D eigenvalue weighted by Gasteiger charge is 2.25. The van der Waals surface area contributed by atoms with E-state index in [0.717, 1.165) is 62.4 Å². The molecular formula is C26H33FN8OS. The molecule has 0 bridgehead atoms. The van der Waals surface area contributed by atoms with E-state index in [-0.39, 0.29) is 23.7 Å². The molecule has 0 saturated carbocycles. The Morgan fingerprint density at radius 1 is 1.14 bits per heavy atom. The number of benzene rings is 1. The highest BCUT2D eigenvalue weighted by Crippen LogP contribution is 2.26. The number of hydrogen-bond donors (Lipinski definition) is 2. The number of carbonyl (C=O) groups is 1. The molecule has 1 aromatic carbocycles. The summed E-state index contributed by atoms with van der Waals surface area (Å²) >= 11 is 1.36. The van der Waals surface area contributed by atoms with Crippen molar-refractivity contribution in [1.82, 2.24) is 25.3 Å². The largest absolute Gasteiger partial charge is 0.355 e. The predicted molar refractivity (Wildman–Crippen MR) is 143 cm³/mol. The Kier molecular flexibility index (Phi) is 8.20. The van der Waals surface area contributed by atoms with Crippen LogP contribution in [0.15, 0.2) is 36.5 Å². The third kappa shape index (κ3) is 6.78. The summed E-state index contributed by atoms with van der Waals surface area (Å²) < 4.78 is 14.2. The first kappa shape index (κ1) is 25.5. The molecule has 1 amide bonds. The normalized spacial score (nSPS) is 20.2. The number of aryl methyl sites for hydroxylation is 1. The van der Waals surface area contributed by atoms with E-state index in [0.29, 0.717) is 29.6 Å². The maximum atomic E-state index is 14.2. The second-order valence-corrected chi connectivity index (χ2v) is 10.8. The van der Waals surface area contributed by atoms with Gasteiger partial charge in [0.15, 0.2) is 5.82 Å². The molecule has 37 heavy (non-hydrogen) atoms. The molecule has 0 radical (unpaired) electrons. The zero-order valence-corrected chi connectivity index (χ0v) is 21.9. The predicted octanol–water partition coefficient (Wildman–Crippen LogP) is 3.96. The minimum absolute atomic E-state index is 0.0393. The number of nitrogens with zero attached hydrogens (tertiary/aromatic N) is 6. The minimum Gasteiger partial charge on any atom is -0.355 e. The van der Waals surface area contributed by atoms with Crippen LogP contribution in [-0.2, 0) is 17.8 Å². The van der Waals surface area contributed by atoms with E-state index in [1.165, 1.54) is 11.3 Å². The molecule has 2 fully saturated rings. The molecule has 2 atom stereocenters. The van der Waals surface area contributed by atoms with Crippen LogP contribution in [0.25, 0.3) is 0 Å². The standard InChI is InChI=1S/C26H33FN8OS/c1-2-20-8-7-19(13-22(20)27)16-34-11-4-5-18(15-34)14-24(36)30-26-33-32-25(37-26)29-21-9-12-35(17-21)23-6-3-10-28-31-23/h3,6-8,10,13,18,21H,2,4-5,9,11-12,14-17H2,1H3,(H,29,32)(H,30,33,36)/t18-,21+/m0/s1. The molecule has 9 nitrogen and oxygen atoms in total. The van der Waals surface area contributed by atoms with Gasteiger partial charge in [-0.05, 0) is 67.5 Å². The van der Waals surface area contributed by atoms with Crippen LogP contribution in [0.1, 0.15) is 43.7 Å². The summed E-state index contributed by atoms with van der Waals surface area (Å²) in [5, 5.41) is 24.1. The van der Waals surface area contributed by atoms with Crippen molar-refractivity contribution in [3.63, 3.8) is 0 Å². The molecule has 2 N–H and O–H groups in total. The zero-order valence-electron chi connectivity index (χ0n) is 21.1. The van der Waals surface area contributed by atoms with Crippen LogP contribution >= 0.6 is 11.3 Å². The number of likely N-dealkylation sites (tertiary alicyclic amines) is 1. The van der Waals surface area contributed by atoms with Gasteiger partial charge in [-0.2, -0.15) is 5.10 Å². The lowest BCUT2D eigenvalue weighted by molar-refractivity contribution is -0.117. The lowest BCUT2D eigenvalue weighted by Crippen LogP contribution is -2.36. The molecule has 3 aromatic rings. The average Bonchev–Trinajstić information content (AvgIpc) is 3.54. The second-order valence-electron chi connectivity index (χ2n) is 9.85. The zero-order chi connectivity index (χ0) is 25.6. The quantitative estimate of drug-likeness (QED) is 0.434. The molecule has 2 saturated heterocycles. The smallest absolute Gasteiger partial charge is 0.226 e.